The van der Waals surface area contributed by atoms with Crippen LogP contribution in [0.2, 0.25) is 0 Å². The van der Waals surface area contributed by atoms with Gasteiger partial charge in [0.25, 0.3) is 0 Å². The molecule has 1 aliphatic heterocycles. The van der Waals surface area contributed by atoms with Gasteiger partial charge in [-0.05, 0) is 65.8 Å². The van der Waals surface area contributed by atoms with Gasteiger partial charge in [0.2, 0.25) is 5.91 Å². The lowest BCUT2D eigenvalue weighted by Gasteiger charge is -2.30. The predicted octanol–water partition coefficient (Wildman–Crippen LogP) is 3.01. The number of piperidine rings is 1. The van der Waals surface area contributed by atoms with Crippen molar-refractivity contribution in [2.24, 2.45) is 5.92 Å². The van der Waals surface area contributed by atoms with E-state index in [-0.39, 0.29) is 17.8 Å². The zero-order valence-corrected chi connectivity index (χ0v) is 17.7. The Morgan fingerprint density at radius 2 is 1.79 bits per heavy atom. The zero-order chi connectivity index (χ0) is 21.0. The van der Waals surface area contributed by atoms with Crippen LogP contribution in [0.15, 0.2) is 24.3 Å². The van der Waals surface area contributed by atoms with Crippen LogP contribution in [0.4, 0.5) is 5.69 Å². The fraction of sp³-hybridized carbons (Fsp3) is 0.500. The SMILES string of the molecule is CCOC(=O)C1CCN(CC(=O)Nc2c(C)nn(-c3ccc(C)cc3)c2C)CC1. The number of hydrogen-bond donors (Lipinski definition) is 1. The van der Waals surface area contributed by atoms with Crippen LogP contribution in [0.3, 0.4) is 0 Å². The summed E-state index contributed by atoms with van der Waals surface area (Å²) in [5, 5.41) is 7.62. The molecule has 0 radical (unpaired) electrons. The first-order valence-corrected chi connectivity index (χ1v) is 10.2. The maximum atomic E-state index is 12.6. The van der Waals surface area contributed by atoms with E-state index in [4.69, 9.17) is 4.74 Å². The quantitative estimate of drug-likeness (QED) is 0.757. The van der Waals surface area contributed by atoms with Gasteiger partial charge in [-0.1, -0.05) is 17.7 Å². The molecule has 7 heteroatoms. The molecule has 1 aromatic heterocycles. The van der Waals surface area contributed by atoms with Crippen molar-refractivity contribution in [3.8, 4) is 5.69 Å². The summed E-state index contributed by atoms with van der Waals surface area (Å²) in [5.74, 6) is -0.230. The molecule has 1 fully saturated rings. The van der Waals surface area contributed by atoms with Gasteiger partial charge in [0.1, 0.15) is 0 Å². The van der Waals surface area contributed by atoms with Crippen LogP contribution in [0.1, 0.15) is 36.7 Å². The summed E-state index contributed by atoms with van der Waals surface area (Å²) in [4.78, 5) is 26.5. The maximum absolute atomic E-state index is 12.6. The Morgan fingerprint density at radius 3 is 2.41 bits per heavy atom. The fourth-order valence-electron chi connectivity index (χ4n) is 3.73. The molecule has 2 aromatic rings. The highest BCUT2D eigenvalue weighted by Gasteiger charge is 2.27. The van der Waals surface area contributed by atoms with Gasteiger partial charge < -0.3 is 10.1 Å². The van der Waals surface area contributed by atoms with E-state index in [2.05, 4.69) is 15.3 Å². The summed E-state index contributed by atoms with van der Waals surface area (Å²) in [7, 11) is 0. The Morgan fingerprint density at radius 1 is 1.14 bits per heavy atom. The molecule has 0 aliphatic carbocycles. The lowest BCUT2D eigenvalue weighted by atomic mass is 9.97. The largest absolute Gasteiger partial charge is 0.466 e. The molecule has 0 atom stereocenters. The Bertz CT molecular complexity index is 865. The molecule has 0 saturated carbocycles. The number of carbonyl (C=O) groups is 2. The molecule has 1 N–H and O–H groups in total. The van der Waals surface area contributed by atoms with Crippen molar-refractivity contribution < 1.29 is 14.3 Å². The first-order chi connectivity index (χ1) is 13.9. The van der Waals surface area contributed by atoms with Gasteiger partial charge >= 0.3 is 5.97 Å². The molecule has 1 saturated heterocycles. The normalized spacial score (nSPS) is 15.3. The minimum Gasteiger partial charge on any atom is -0.466 e. The van der Waals surface area contributed by atoms with E-state index in [1.54, 1.807) is 0 Å². The number of anilines is 1. The summed E-state index contributed by atoms with van der Waals surface area (Å²) in [6.45, 7) is 9.89. The summed E-state index contributed by atoms with van der Waals surface area (Å²) in [6.07, 6.45) is 1.46. The maximum Gasteiger partial charge on any atom is 0.309 e. The van der Waals surface area contributed by atoms with Crippen LogP contribution in [-0.4, -0.2) is 52.8 Å². The number of carbonyl (C=O) groups excluding carboxylic acids is 2. The first kappa shape index (κ1) is 21.0. The van der Waals surface area contributed by atoms with Crippen molar-refractivity contribution in [1.29, 1.82) is 0 Å². The Labute approximate surface area is 172 Å². The third kappa shape index (κ3) is 5.03. The van der Waals surface area contributed by atoms with Crippen LogP contribution in [0.25, 0.3) is 5.69 Å². The molecule has 1 amide bonds. The number of aryl methyl sites for hydroxylation is 2. The van der Waals surface area contributed by atoms with Crippen molar-refractivity contribution in [3.05, 3.63) is 41.2 Å². The van der Waals surface area contributed by atoms with E-state index in [1.807, 2.05) is 56.6 Å². The Hall–Kier alpha value is -2.67. The summed E-state index contributed by atoms with van der Waals surface area (Å²) >= 11 is 0. The van der Waals surface area contributed by atoms with Crippen molar-refractivity contribution in [1.82, 2.24) is 14.7 Å². The molecule has 156 valence electrons. The van der Waals surface area contributed by atoms with Gasteiger partial charge in [0.15, 0.2) is 0 Å². The number of ether oxygens (including phenoxy) is 1. The molecule has 1 aliphatic rings. The van der Waals surface area contributed by atoms with E-state index in [0.29, 0.717) is 13.2 Å². The zero-order valence-electron chi connectivity index (χ0n) is 17.7. The average molecular weight is 399 g/mol. The van der Waals surface area contributed by atoms with Gasteiger partial charge in [0.05, 0.1) is 41.8 Å². The second-order valence-electron chi connectivity index (χ2n) is 7.64. The second kappa shape index (κ2) is 9.22. The number of benzene rings is 1. The number of rotatable bonds is 6. The average Bonchev–Trinajstić information content (AvgIpc) is 2.97. The van der Waals surface area contributed by atoms with E-state index in [0.717, 1.165) is 48.7 Å². The van der Waals surface area contributed by atoms with Crippen LogP contribution in [0, 0.1) is 26.7 Å². The minimum absolute atomic E-state index is 0.0495. The van der Waals surface area contributed by atoms with E-state index >= 15 is 0 Å². The molecule has 29 heavy (non-hydrogen) atoms. The molecule has 2 heterocycles. The van der Waals surface area contributed by atoms with Gasteiger partial charge in [0, 0.05) is 0 Å². The van der Waals surface area contributed by atoms with Crippen molar-refractivity contribution in [2.45, 2.75) is 40.5 Å². The standard InChI is InChI=1S/C22H30N4O3/c1-5-29-22(28)18-10-12-25(13-11-18)14-20(27)23-21-16(3)24-26(17(21)4)19-8-6-15(2)7-9-19/h6-9,18H,5,10-14H2,1-4H3,(H,23,27). The third-order valence-corrected chi connectivity index (χ3v) is 5.41. The van der Waals surface area contributed by atoms with Gasteiger partial charge in [-0.2, -0.15) is 5.10 Å². The molecule has 1 aromatic carbocycles. The Kier molecular flexibility index (Phi) is 6.69. The number of hydrogen-bond acceptors (Lipinski definition) is 5. The summed E-state index contributed by atoms with van der Waals surface area (Å²) < 4.78 is 6.96. The summed E-state index contributed by atoms with van der Waals surface area (Å²) in [5.41, 5.74) is 4.61. The number of amides is 1. The smallest absolute Gasteiger partial charge is 0.309 e. The predicted molar refractivity (Wildman–Crippen MR) is 112 cm³/mol. The lowest BCUT2D eigenvalue weighted by Crippen LogP contribution is -2.41. The number of nitrogens with zero attached hydrogens (tertiary/aromatic N) is 3. The van der Waals surface area contributed by atoms with Crippen molar-refractivity contribution >= 4 is 17.6 Å². The molecule has 7 nitrogen and oxygen atoms in total. The van der Waals surface area contributed by atoms with E-state index in [9.17, 15) is 9.59 Å². The molecule has 3 rings (SSSR count). The summed E-state index contributed by atoms with van der Waals surface area (Å²) in [6, 6.07) is 8.13. The van der Waals surface area contributed by atoms with E-state index in [1.165, 1.54) is 5.56 Å². The topological polar surface area (TPSA) is 76.5 Å². The van der Waals surface area contributed by atoms with E-state index < -0.39 is 0 Å². The molecular weight excluding hydrogens is 368 g/mol. The fourth-order valence-corrected chi connectivity index (χ4v) is 3.73. The molecular formula is C22H30N4O3. The highest BCUT2D eigenvalue weighted by molar-refractivity contribution is 5.93. The minimum atomic E-state index is -0.119. The molecule has 0 bridgehead atoms. The molecule has 0 spiro atoms. The lowest BCUT2D eigenvalue weighted by molar-refractivity contribution is -0.149. The van der Waals surface area contributed by atoms with Gasteiger partial charge in [-0.25, -0.2) is 4.68 Å². The third-order valence-electron chi connectivity index (χ3n) is 5.41. The number of esters is 1. The number of aromatic nitrogens is 2. The van der Waals surface area contributed by atoms with Crippen LogP contribution >= 0.6 is 0 Å². The van der Waals surface area contributed by atoms with Crippen molar-refractivity contribution in [2.75, 3.05) is 31.6 Å². The van der Waals surface area contributed by atoms with Crippen LogP contribution < -0.4 is 5.32 Å². The second-order valence-corrected chi connectivity index (χ2v) is 7.64. The van der Waals surface area contributed by atoms with Crippen LogP contribution in [0.5, 0.6) is 0 Å². The van der Waals surface area contributed by atoms with Crippen LogP contribution in [-0.2, 0) is 14.3 Å². The number of likely N-dealkylation sites (tertiary alicyclic amines) is 1. The number of nitrogens with one attached hydrogen (secondary N) is 1. The van der Waals surface area contributed by atoms with Gasteiger partial charge in [-0.15, -0.1) is 0 Å². The molecule has 0 unspecified atom stereocenters. The monoisotopic (exact) mass is 398 g/mol. The first-order valence-electron chi connectivity index (χ1n) is 10.2. The van der Waals surface area contributed by atoms with Crippen molar-refractivity contribution in [3.63, 3.8) is 0 Å². The highest BCUT2D eigenvalue weighted by Crippen LogP contribution is 2.23. The van der Waals surface area contributed by atoms with Gasteiger partial charge in [-0.3, -0.25) is 14.5 Å². The Balaban J connectivity index is 1.59. The highest BCUT2D eigenvalue weighted by atomic mass is 16.5.